The van der Waals surface area contributed by atoms with Crippen LogP contribution in [0.1, 0.15) is 17.5 Å². The summed E-state index contributed by atoms with van der Waals surface area (Å²) in [6.07, 6.45) is -9.12. The Bertz CT molecular complexity index is 1200. The van der Waals surface area contributed by atoms with Crippen LogP contribution in [0, 0.1) is 0 Å². The Kier molecular flexibility index (Phi) is 6.58. The average molecular weight is 524 g/mol. The fourth-order valence-corrected chi connectivity index (χ4v) is 3.70. The van der Waals surface area contributed by atoms with Crippen LogP contribution in [-0.2, 0) is 12.4 Å². The Balaban J connectivity index is 1.59. The molecular formula is C18H12ClF6N7OS. The summed E-state index contributed by atoms with van der Waals surface area (Å²) in [5.41, 5.74) is -3.37. The van der Waals surface area contributed by atoms with Gasteiger partial charge in [-0.2, -0.15) is 31.3 Å². The Hall–Kier alpha value is -3.07. The van der Waals surface area contributed by atoms with E-state index in [4.69, 9.17) is 16.3 Å². The van der Waals surface area contributed by atoms with E-state index >= 15 is 0 Å². The lowest BCUT2D eigenvalue weighted by Crippen LogP contribution is -2.33. The second-order valence-electron chi connectivity index (χ2n) is 6.75. The minimum Gasteiger partial charge on any atom is -0.407 e. The molecule has 1 aromatic carbocycles. The number of halogens is 7. The van der Waals surface area contributed by atoms with Crippen molar-refractivity contribution in [2.75, 3.05) is 13.1 Å². The van der Waals surface area contributed by atoms with Crippen molar-refractivity contribution in [1.82, 2.24) is 30.5 Å². The summed E-state index contributed by atoms with van der Waals surface area (Å²) in [5.74, 6) is -0.226. The molecule has 0 unspecified atom stereocenters. The van der Waals surface area contributed by atoms with Crippen LogP contribution < -0.4 is 10.1 Å². The molecule has 0 bridgehead atoms. The van der Waals surface area contributed by atoms with Gasteiger partial charge in [-0.05, 0) is 48.0 Å². The summed E-state index contributed by atoms with van der Waals surface area (Å²) in [4.78, 5) is 16.0. The topological polar surface area (TPSA) is 101 Å². The van der Waals surface area contributed by atoms with Crippen molar-refractivity contribution < 1.29 is 31.1 Å². The maximum Gasteiger partial charge on any atom is 0.416 e. The zero-order valence-corrected chi connectivity index (χ0v) is 18.2. The van der Waals surface area contributed by atoms with Gasteiger partial charge in [0, 0.05) is 24.7 Å². The molecule has 0 radical (unpaired) electrons. The lowest BCUT2D eigenvalue weighted by Gasteiger charge is -2.14. The zero-order chi connectivity index (χ0) is 24.5. The van der Waals surface area contributed by atoms with Gasteiger partial charge in [-0.3, -0.25) is 5.10 Å². The number of aliphatic imine (C=N–C) groups is 1. The number of alkyl halides is 6. The van der Waals surface area contributed by atoms with Crippen molar-refractivity contribution >= 4 is 29.4 Å². The lowest BCUT2D eigenvalue weighted by atomic mass is 10.0. The quantitative estimate of drug-likeness (QED) is 0.287. The van der Waals surface area contributed by atoms with Gasteiger partial charge < -0.3 is 10.1 Å². The van der Waals surface area contributed by atoms with Crippen LogP contribution in [0.15, 0.2) is 39.4 Å². The number of hydrogen-bond donors (Lipinski definition) is 2. The highest BCUT2D eigenvalue weighted by Gasteiger charge is 2.37. The molecule has 1 aliphatic heterocycles. The standard InChI is InChI=1S/C18H12ClF6N7OS/c19-14-28-11(33-15-26-2-1-3-27-15)7-12(29-14)34-16-30-13(31-32-16)8-4-9(17(20,21)22)6-10(5-8)18(23,24)25/h4-7H,1-3H2,(H,26,27)(H,30,31,32). The minimum atomic E-state index is -4.99. The van der Waals surface area contributed by atoms with E-state index in [1.807, 2.05) is 0 Å². The van der Waals surface area contributed by atoms with Crippen LogP contribution in [0.3, 0.4) is 0 Å². The van der Waals surface area contributed by atoms with Gasteiger partial charge >= 0.3 is 12.4 Å². The molecule has 2 aromatic heterocycles. The fraction of sp³-hybridized carbons (Fsp3) is 0.278. The molecule has 1 aliphatic rings. The van der Waals surface area contributed by atoms with Gasteiger partial charge in [-0.25, -0.2) is 15.0 Å². The van der Waals surface area contributed by atoms with E-state index in [0.717, 1.165) is 18.2 Å². The first-order valence-electron chi connectivity index (χ1n) is 9.38. The van der Waals surface area contributed by atoms with E-state index in [1.54, 1.807) is 0 Å². The SMILES string of the molecule is FC(F)(F)c1cc(-c2nc(Sc3cc(OC4=NCCCN4)nc(Cl)n3)n[nH]2)cc(C(F)(F)F)c1. The van der Waals surface area contributed by atoms with Crippen molar-refractivity contribution in [3.8, 4) is 17.3 Å². The summed E-state index contributed by atoms with van der Waals surface area (Å²) >= 11 is 6.76. The molecule has 0 amide bonds. The van der Waals surface area contributed by atoms with E-state index in [9.17, 15) is 26.3 Å². The first-order chi connectivity index (χ1) is 16.0. The van der Waals surface area contributed by atoms with E-state index in [2.05, 4.69) is 35.5 Å². The van der Waals surface area contributed by atoms with Crippen LogP contribution in [0.25, 0.3) is 11.4 Å². The van der Waals surface area contributed by atoms with Crippen LogP contribution >= 0.6 is 23.4 Å². The number of rotatable bonds is 4. The van der Waals surface area contributed by atoms with Crippen LogP contribution in [-0.4, -0.2) is 44.3 Å². The molecule has 0 atom stereocenters. The normalized spacial score (nSPS) is 14.5. The largest absolute Gasteiger partial charge is 0.416 e. The molecule has 0 saturated carbocycles. The fourth-order valence-electron chi connectivity index (χ4n) is 2.77. The predicted molar refractivity (Wildman–Crippen MR) is 109 cm³/mol. The average Bonchev–Trinajstić information content (AvgIpc) is 3.21. The Morgan fingerprint density at radius 3 is 2.26 bits per heavy atom. The molecule has 0 saturated heterocycles. The Labute approximate surface area is 196 Å². The maximum absolute atomic E-state index is 13.1. The summed E-state index contributed by atoms with van der Waals surface area (Å²) in [7, 11) is 0. The summed E-state index contributed by atoms with van der Waals surface area (Å²) in [6, 6.07) is 2.79. The maximum atomic E-state index is 13.1. The minimum absolute atomic E-state index is 0.0326. The monoisotopic (exact) mass is 523 g/mol. The zero-order valence-electron chi connectivity index (χ0n) is 16.6. The van der Waals surface area contributed by atoms with E-state index in [0.29, 0.717) is 25.2 Å². The van der Waals surface area contributed by atoms with Crippen LogP contribution in [0.5, 0.6) is 5.88 Å². The highest BCUT2D eigenvalue weighted by molar-refractivity contribution is 7.99. The van der Waals surface area contributed by atoms with E-state index < -0.39 is 29.0 Å². The number of hydrogen-bond acceptors (Lipinski definition) is 8. The van der Waals surface area contributed by atoms with Gasteiger partial charge in [0.15, 0.2) is 5.82 Å². The highest BCUT2D eigenvalue weighted by atomic mass is 35.5. The first-order valence-corrected chi connectivity index (χ1v) is 10.6. The van der Waals surface area contributed by atoms with Crippen molar-refractivity contribution in [3.63, 3.8) is 0 Å². The number of ether oxygens (including phenoxy) is 1. The van der Waals surface area contributed by atoms with Crippen molar-refractivity contribution in [3.05, 3.63) is 40.7 Å². The first kappa shape index (κ1) is 24.1. The molecule has 3 heterocycles. The number of amidine groups is 1. The van der Waals surface area contributed by atoms with Gasteiger partial charge in [0.2, 0.25) is 16.3 Å². The van der Waals surface area contributed by atoms with Crippen molar-refractivity contribution in [1.29, 1.82) is 0 Å². The van der Waals surface area contributed by atoms with Gasteiger partial charge in [0.05, 0.1) is 11.1 Å². The number of aromatic amines is 1. The predicted octanol–water partition coefficient (Wildman–Crippen LogP) is 4.83. The third kappa shape index (κ3) is 5.88. The Morgan fingerprint density at radius 2 is 1.65 bits per heavy atom. The summed E-state index contributed by atoms with van der Waals surface area (Å²) < 4.78 is 84.2. The molecule has 3 aromatic rings. The number of aromatic nitrogens is 5. The lowest BCUT2D eigenvalue weighted by molar-refractivity contribution is -0.143. The van der Waals surface area contributed by atoms with Gasteiger partial charge in [0.1, 0.15) is 5.03 Å². The number of nitrogens with zero attached hydrogens (tertiary/aromatic N) is 5. The molecule has 34 heavy (non-hydrogen) atoms. The third-order valence-electron chi connectivity index (χ3n) is 4.24. The van der Waals surface area contributed by atoms with Gasteiger partial charge in [0.25, 0.3) is 6.02 Å². The Morgan fingerprint density at radius 1 is 0.941 bits per heavy atom. The van der Waals surface area contributed by atoms with Gasteiger partial charge in [-0.15, -0.1) is 5.10 Å². The third-order valence-corrected chi connectivity index (χ3v) is 5.19. The molecule has 0 fully saturated rings. The van der Waals surface area contributed by atoms with Crippen molar-refractivity contribution in [2.24, 2.45) is 4.99 Å². The summed E-state index contributed by atoms with van der Waals surface area (Å²) in [6.45, 7) is 1.25. The second-order valence-corrected chi connectivity index (χ2v) is 8.07. The summed E-state index contributed by atoms with van der Waals surface area (Å²) in [5, 5.41) is 9.13. The molecule has 2 N–H and O–H groups in total. The van der Waals surface area contributed by atoms with Crippen LogP contribution in [0.4, 0.5) is 26.3 Å². The van der Waals surface area contributed by atoms with Gasteiger partial charge in [-0.1, -0.05) is 0 Å². The van der Waals surface area contributed by atoms with Crippen LogP contribution in [0.2, 0.25) is 5.28 Å². The number of benzene rings is 1. The smallest absolute Gasteiger partial charge is 0.407 e. The molecule has 0 spiro atoms. The van der Waals surface area contributed by atoms with Crippen molar-refractivity contribution in [2.45, 2.75) is 29.0 Å². The van der Waals surface area contributed by atoms with E-state index in [-0.39, 0.29) is 39.3 Å². The highest BCUT2D eigenvalue weighted by Crippen LogP contribution is 2.38. The van der Waals surface area contributed by atoms with E-state index in [1.165, 1.54) is 6.07 Å². The second kappa shape index (κ2) is 9.29. The molecule has 16 heteroatoms. The molecular weight excluding hydrogens is 512 g/mol. The molecule has 4 rings (SSSR count). The molecule has 180 valence electrons. The molecule has 0 aliphatic carbocycles. The number of nitrogens with one attached hydrogen (secondary N) is 2. The number of H-pyrrole nitrogens is 1. The molecule has 8 nitrogen and oxygen atoms in total.